The monoisotopic (exact) mass is 331 g/mol. The van der Waals surface area contributed by atoms with Gasteiger partial charge >= 0.3 is 5.97 Å². The van der Waals surface area contributed by atoms with Crippen molar-refractivity contribution < 1.29 is 19.5 Å². The lowest BCUT2D eigenvalue weighted by atomic mass is 10.0. The van der Waals surface area contributed by atoms with Crippen molar-refractivity contribution in [2.45, 2.75) is 50.6 Å². The number of nitrogens with zero attached hydrogens (tertiary/aromatic N) is 1. The number of carboxylic acid groups (broad SMARTS) is 1. The molecule has 2 unspecified atom stereocenters. The van der Waals surface area contributed by atoms with Crippen molar-refractivity contribution in [2.75, 3.05) is 19.6 Å². The lowest BCUT2D eigenvalue weighted by Crippen LogP contribution is -2.55. The predicted molar refractivity (Wildman–Crippen MR) is 86.1 cm³/mol. The van der Waals surface area contributed by atoms with Crippen molar-refractivity contribution in [2.24, 2.45) is 22.9 Å². The SMILES string of the molecule is NCCCCC(N)C(=O)N(C(=O)CN)C(CCCCN)C(=O)O. The molecular weight excluding hydrogens is 302 g/mol. The summed E-state index contributed by atoms with van der Waals surface area (Å²) in [7, 11) is 0. The van der Waals surface area contributed by atoms with Gasteiger partial charge in [0.2, 0.25) is 11.8 Å². The average Bonchev–Trinajstić information content (AvgIpc) is 2.53. The summed E-state index contributed by atoms with van der Waals surface area (Å²) >= 11 is 0. The predicted octanol–water partition coefficient (Wildman–Crippen LogP) is -1.66. The van der Waals surface area contributed by atoms with Crippen molar-refractivity contribution >= 4 is 17.8 Å². The Morgan fingerprint density at radius 2 is 1.43 bits per heavy atom. The molecule has 0 aliphatic rings. The molecular formula is C14H29N5O4. The zero-order valence-electron chi connectivity index (χ0n) is 13.4. The smallest absolute Gasteiger partial charge is 0.326 e. The lowest BCUT2D eigenvalue weighted by Gasteiger charge is -2.29. The van der Waals surface area contributed by atoms with Gasteiger partial charge in [0.1, 0.15) is 6.04 Å². The standard InChI is InChI=1S/C14H29N5O4/c15-7-3-1-5-10(18)13(21)19(12(20)9-17)11(14(22)23)6-2-4-8-16/h10-11H,1-9,15-18H2,(H,22,23). The third-order valence-electron chi connectivity index (χ3n) is 3.50. The van der Waals surface area contributed by atoms with Gasteiger partial charge in [-0.2, -0.15) is 0 Å². The van der Waals surface area contributed by atoms with Crippen LogP contribution < -0.4 is 22.9 Å². The number of hydrogen-bond acceptors (Lipinski definition) is 7. The molecule has 0 rings (SSSR count). The third kappa shape index (κ3) is 7.51. The van der Waals surface area contributed by atoms with E-state index in [4.69, 9.17) is 22.9 Å². The molecule has 0 aliphatic heterocycles. The fourth-order valence-corrected chi connectivity index (χ4v) is 2.20. The first-order chi connectivity index (χ1) is 10.9. The van der Waals surface area contributed by atoms with Gasteiger partial charge in [-0.1, -0.05) is 6.42 Å². The molecule has 0 saturated carbocycles. The Labute approximate surface area is 136 Å². The Morgan fingerprint density at radius 3 is 1.87 bits per heavy atom. The Bertz CT molecular complexity index is 391. The molecule has 9 nitrogen and oxygen atoms in total. The van der Waals surface area contributed by atoms with Gasteiger partial charge in [-0.05, 0) is 45.2 Å². The highest BCUT2D eigenvalue weighted by molar-refractivity contribution is 6.01. The highest BCUT2D eigenvalue weighted by atomic mass is 16.4. The minimum atomic E-state index is -1.27. The van der Waals surface area contributed by atoms with Crippen LogP contribution in [-0.2, 0) is 14.4 Å². The van der Waals surface area contributed by atoms with E-state index in [-0.39, 0.29) is 6.42 Å². The molecule has 2 atom stereocenters. The second-order valence-electron chi connectivity index (χ2n) is 5.34. The van der Waals surface area contributed by atoms with Crippen molar-refractivity contribution in [3.63, 3.8) is 0 Å². The minimum Gasteiger partial charge on any atom is -0.480 e. The number of carbonyl (C=O) groups excluding carboxylic acids is 2. The fraction of sp³-hybridized carbons (Fsp3) is 0.786. The van der Waals surface area contributed by atoms with Crippen LogP contribution >= 0.6 is 0 Å². The second kappa shape index (κ2) is 11.9. The summed E-state index contributed by atoms with van der Waals surface area (Å²) in [6, 6.07) is -2.22. The maximum Gasteiger partial charge on any atom is 0.326 e. The van der Waals surface area contributed by atoms with Crippen LogP contribution in [0.3, 0.4) is 0 Å². The molecule has 2 amide bonds. The molecule has 0 spiro atoms. The number of amides is 2. The maximum absolute atomic E-state index is 12.4. The number of nitrogens with two attached hydrogens (primary N) is 4. The zero-order chi connectivity index (χ0) is 17.8. The first-order valence-electron chi connectivity index (χ1n) is 7.85. The topological polar surface area (TPSA) is 179 Å². The molecule has 0 heterocycles. The number of aliphatic carboxylic acids is 1. The number of rotatable bonds is 12. The molecule has 0 aromatic heterocycles. The molecule has 0 saturated heterocycles. The molecule has 0 aromatic rings. The highest BCUT2D eigenvalue weighted by Crippen LogP contribution is 2.13. The molecule has 0 radical (unpaired) electrons. The maximum atomic E-state index is 12.4. The largest absolute Gasteiger partial charge is 0.480 e. The van der Waals surface area contributed by atoms with E-state index in [1.165, 1.54) is 0 Å². The molecule has 0 aliphatic carbocycles. The average molecular weight is 331 g/mol. The van der Waals surface area contributed by atoms with E-state index in [1.54, 1.807) is 0 Å². The Balaban J connectivity index is 5.09. The molecule has 0 aromatic carbocycles. The number of imide groups is 1. The summed E-state index contributed by atoms with van der Waals surface area (Å²) in [6.45, 7) is 0.425. The van der Waals surface area contributed by atoms with Gasteiger partial charge in [-0.15, -0.1) is 0 Å². The number of carbonyl (C=O) groups is 3. The van der Waals surface area contributed by atoms with Crippen LogP contribution in [0.5, 0.6) is 0 Å². The molecule has 23 heavy (non-hydrogen) atoms. The van der Waals surface area contributed by atoms with E-state index in [9.17, 15) is 19.5 Å². The van der Waals surface area contributed by atoms with Crippen LogP contribution in [0.25, 0.3) is 0 Å². The molecule has 134 valence electrons. The van der Waals surface area contributed by atoms with Crippen LogP contribution in [0, 0.1) is 0 Å². The number of hydrogen-bond donors (Lipinski definition) is 5. The summed E-state index contributed by atoms with van der Waals surface area (Å²) in [4.78, 5) is 36.6. The van der Waals surface area contributed by atoms with E-state index >= 15 is 0 Å². The van der Waals surface area contributed by atoms with E-state index in [0.717, 1.165) is 0 Å². The van der Waals surface area contributed by atoms with Gasteiger partial charge in [-0.25, -0.2) is 4.79 Å². The van der Waals surface area contributed by atoms with Gasteiger partial charge in [0.15, 0.2) is 0 Å². The van der Waals surface area contributed by atoms with Crippen LogP contribution in [0.15, 0.2) is 0 Å². The number of unbranched alkanes of at least 4 members (excludes halogenated alkanes) is 2. The van der Waals surface area contributed by atoms with Crippen LogP contribution in [0.1, 0.15) is 38.5 Å². The second-order valence-corrected chi connectivity index (χ2v) is 5.34. The number of carboxylic acids is 1. The third-order valence-corrected chi connectivity index (χ3v) is 3.50. The zero-order valence-corrected chi connectivity index (χ0v) is 13.4. The highest BCUT2D eigenvalue weighted by Gasteiger charge is 2.35. The molecule has 9 heteroatoms. The van der Waals surface area contributed by atoms with Crippen LogP contribution in [-0.4, -0.2) is 59.5 Å². The van der Waals surface area contributed by atoms with Gasteiger partial charge in [0.05, 0.1) is 12.6 Å². The Hall–Kier alpha value is -1.55. The van der Waals surface area contributed by atoms with Gasteiger partial charge in [-0.3, -0.25) is 14.5 Å². The Morgan fingerprint density at radius 1 is 0.913 bits per heavy atom. The first-order valence-corrected chi connectivity index (χ1v) is 7.85. The molecule has 0 bridgehead atoms. The minimum absolute atomic E-state index is 0.125. The van der Waals surface area contributed by atoms with E-state index in [2.05, 4.69) is 0 Å². The van der Waals surface area contributed by atoms with Gasteiger partial charge in [0, 0.05) is 0 Å². The van der Waals surface area contributed by atoms with E-state index in [1.807, 2.05) is 0 Å². The molecule has 0 fully saturated rings. The van der Waals surface area contributed by atoms with Crippen molar-refractivity contribution in [3.8, 4) is 0 Å². The fourth-order valence-electron chi connectivity index (χ4n) is 2.20. The van der Waals surface area contributed by atoms with Gasteiger partial charge in [0.25, 0.3) is 0 Å². The van der Waals surface area contributed by atoms with Crippen molar-refractivity contribution in [3.05, 3.63) is 0 Å². The summed E-state index contributed by atoms with van der Waals surface area (Å²) < 4.78 is 0. The van der Waals surface area contributed by atoms with Crippen LogP contribution in [0.2, 0.25) is 0 Å². The van der Waals surface area contributed by atoms with E-state index < -0.39 is 36.4 Å². The summed E-state index contributed by atoms with van der Waals surface area (Å²) in [5, 5.41) is 9.36. The summed E-state index contributed by atoms with van der Waals surface area (Å²) in [5.41, 5.74) is 21.9. The molecule has 9 N–H and O–H groups in total. The van der Waals surface area contributed by atoms with Crippen molar-refractivity contribution in [1.82, 2.24) is 4.90 Å². The first kappa shape index (κ1) is 21.4. The summed E-state index contributed by atoms with van der Waals surface area (Å²) in [6.07, 6.45) is 2.87. The normalized spacial score (nSPS) is 13.4. The Kier molecular flexibility index (Phi) is 11.1. The van der Waals surface area contributed by atoms with Crippen LogP contribution in [0.4, 0.5) is 0 Å². The van der Waals surface area contributed by atoms with Gasteiger partial charge < -0.3 is 28.0 Å². The quantitative estimate of drug-likeness (QED) is 0.263. The summed E-state index contributed by atoms with van der Waals surface area (Å²) in [5.74, 6) is -2.71. The van der Waals surface area contributed by atoms with E-state index in [0.29, 0.717) is 50.1 Å². The lowest BCUT2D eigenvalue weighted by molar-refractivity contribution is -0.158. The van der Waals surface area contributed by atoms with Crippen molar-refractivity contribution in [1.29, 1.82) is 0 Å².